The molecule has 1 aromatic heterocycles. The molecule has 1 fully saturated rings. The summed E-state index contributed by atoms with van der Waals surface area (Å²) >= 11 is 1.49. The molecule has 1 aliphatic rings. The van der Waals surface area contributed by atoms with Crippen molar-refractivity contribution in [3.63, 3.8) is 0 Å². The average molecular weight is 343 g/mol. The molecule has 1 unspecified atom stereocenters. The molecule has 0 aromatic carbocycles. The topological polar surface area (TPSA) is 83.2 Å². The van der Waals surface area contributed by atoms with Crippen molar-refractivity contribution in [1.82, 2.24) is 15.6 Å². The summed E-state index contributed by atoms with van der Waals surface area (Å²) in [5.74, 6) is 0. The number of anilines is 1. The van der Waals surface area contributed by atoms with Crippen LogP contribution in [-0.4, -0.2) is 41.9 Å². The van der Waals surface area contributed by atoms with Gasteiger partial charge in [-0.3, -0.25) is 0 Å². The van der Waals surface area contributed by atoms with Gasteiger partial charge in [-0.2, -0.15) is 0 Å². The third kappa shape index (κ3) is 6.56. The van der Waals surface area contributed by atoms with Crippen LogP contribution in [-0.2, 0) is 6.42 Å². The van der Waals surface area contributed by atoms with E-state index in [-0.39, 0.29) is 24.8 Å². The summed E-state index contributed by atoms with van der Waals surface area (Å²) in [7, 11) is 0. The van der Waals surface area contributed by atoms with Crippen LogP contribution in [0.1, 0.15) is 25.0 Å². The first-order valence-corrected chi connectivity index (χ1v) is 7.40. The normalized spacial score (nSPS) is 21.9. The van der Waals surface area contributed by atoms with E-state index in [0.717, 1.165) is 44.5 Å². The minimum atomic E-state index is -0.566. The van der Waals surface area contributed by atoms with E-state index in [1.54, 1.807) is 0 Å². The van der Waals surface area contributed by atoms with E-state index in [2.05, 4.69) is 15.6 Å². The Morgan fingerprint density at radius 1 is 1.50 bits per heavy atom. The Balaban J connectivity index is 0.00000180. The Hall–Kier alpha value is -0.110. The van der Waals surface area contributed by atoms with Crippen LogP contribution in [0.25, 0.3) is 0 Å². The molecule has 20 heavy (non-hydrogen) atoms. The van der Waals surface area contributed by atoms with E-state index in [4.69, 9.17) is 5.73 Å². The number of nitrogens with two attached hydrogens (primary N) is 1. The summed E-state index contributed by atoms with van der Waals surface area (Å²) < 4.78 is 0. The van der Waals surface area contributed by atoms with E-state index in [0.29, 0.717) is 18.2 Å². The van der Waals surface area contributed by atoms with Gasteiger partial charge < -0.3 is 21.5 Å². The minimum Gasteiger partial charge on any atom is -0.387 e. The maximum absolute atomic E-state index is 10.2. The molecule has 0 aliphatic carbocycles. The lowest BCUT2D eigenvalue weighted by atomic mass is 9.94. The van der Waals surface area contributed by atoms with Gasteiger partial charge in [0, 0.05) is 18.5 Å². The van der Waals surface area contributed by atoms with Gasteiger partial charge in [-0.1, -0.05) is 0 Å². The number of aryl methyl sites for hydroxylation is 1. The van der Waals surface area contributed by atoms with Gasteiger partial charge >= 0.3 is 0 Å². The minimum absolute atomic E-state index is 0. The standard InChI is InChI=1S/C12H22N4OS.2ClH/c13-11-16-10(7-18-11)3-1-5-14-8-12(17)4-2-6-15-9-12;;/h7,14-15,17H,1-6,8-9H2,(H2,13,16);2*1H. The zero-order valence-electron chi connectivity index (χ0n) is 11.4. The highest BCUT2D eigenvalue weighted by Crippen LogP contribution is 2.15. The molecule has 1 atom stereocenters. The summed E-state index contributed by atoms with van der Waals surface area (Å²) in [5.41, 5.74) is 6.08. The molecule has 1 aliphatic heterocycles. The number of hydrogen-bond acceptors (Lipinski definition) is 6. The lowest BCUT2D eigenvalue weighted by Crippen LogP contribution is -2.52. The van der Waals surface area contributed by atoms with Gasteiger partial charge in [0.25, 0.3) is 0 Å². The van der Waals surface area contributed by atoms with Crippen LogP contribution in [0.2, 0.25) is 0 Å². The van der Waals surface area contributed by atoms with Crippen molar-refractivity contribution in [2.24, 2.45) is 0 Å². The van der Waals surface area contributed by atoms with E-state index in [9.17, 15) is 5.11 Å². The molecule has 5 N–H and O–H groups in total. The van der Waals surface area contributed by atoms with Crippen molar-refractivity contribution in [2.75, 3.05) is 31.9 Å². The Morgan fingerprint density at radius 3 is 2.90 bits per heavy atom. The summed E-state index contributed by atoms with van der Waals surface area (Å²) in [6, 6.07) is 0. The van der Waals surface area contributed by atoms with Crippen LogP contribution in [0, 0.1) is 0 Å². The Kier molecular flexibility index (Phi) is 9.71. The highest BCUT2D eigenvalue weighted by atomic mass is 35.5. The number of aliphatic hydroxyl groups is 1. The third-order valence-electron chi connectivity index (χ3n) is 3.26. The molecule has 0 radical (unpaired) electrons. The van der Waals surface area contributed by atoms with Crippen molar-refractivity contribution in [3.8, 4) is 0 Å². The highest BCUT2D eigenvalue weighted by Gasteiger charge is 2.28. The quantitative estimate of drug-likeness (QED) is 0.584. The second-order valence-corrected chi connectivity index (χ2v) is 5.85. The second-order valence-electron chi connectivity index (χ2n) is 4.96. The van der Waals surface area contributed by atoms with Crippen molar-refractivity contribution < 1.29 is 5.11 Å². The fraction of sp³-hybridized carbons (Fsp3) is 0.750. The summed E-state index contributed by atoms with van der Waals surface area (Å²) in [6.07, 6.45) is 3.90. The number of nitrogens with one attached hydrogen (secondary N) is 2. The first kappa shape index (κ1) is 19.9. The van der Waals surface area contributed by atoms with Gasteiger partial charge in [0.05, 0.1) is 11.3 Å². The SMILES string of the molecule is Cl.Cl.Nc1nc(CCCNCC2(O)CCCNC2)cs1. The lowest BCUT2D eigenvalue weighted by Gasteiger charge is -2.32. The van der Waals surface area contributed by atoms with Gasteiger partial charge in [0.15, 0.2) is 5.13 Å². The molecular weight excluding hydrogens is 319 g/mol. The largest absolute Gasteiger partial charge is 0.387 e. The van der Waals surface area contributed by atoms with Gasteiger partial charge in [-0.15, -0.1) is 36.2 Å². The molecule has 118 valence electrons. The average Bonchev–Trinajstić information content (AvgIpc) is 2.75. The van der Waals surface area contributed by atoms with Crippen LogP contribution in [0.4, 0.5) is 5.13 Å². The first-order valence-electron chi connectivity index (χ1n) is 6.52. The van der Waals surface area contributed by atoms with Crippen molar-refractivity contribution in [2.45, 2.75) is 31.3 Å². The smallest absolute Gasteiger partial charge is 0.180 e. The van der Waals surface area contributed by atoms with E-state index < -0.39 is 5.60 Å². The first-order chi connectivity index (χ1) is 8.68. The Labute approximate surface area is 136 Å². The molecule has 2 rings (SSSR count). The van der Waals surface area contributed by atoms with E-state index in [1.807, 2.05) is 5.38 Å². The molecule has 0 amide bonds. The third-order valence-corrected chi connectivity index (χ3v) is 3.98. The fourth-order valence-corrected chi connectivity index (χ4v) is 2.85. The monoisotopic (exact) mass is 342 g/mol. The molecular formula is C12H24Cl2N4OS. The summed E-state index contributed by atoms with van der Waals surface area (Å²) in [4.78, 5) is 4.22. The van der Waals surface area contributed by atoms with Crippen molar-refractivity contribution >= 4 is 41.3 Å². The van der Waals surface area contributed by atoms with Crippen LogP contribution >= 0.6 is 36.2 Å². The van der Waals surface area contributed by atoms with Crippen molar-refractivity contribution in [3.05, 3.63) is 11.1 Å². The number of thiazole rings is 1. The zero-order valence-corrected chi connectivity index (χ0v) is 13.9. The molecule has 1 aromatic rings. The highest BCUT2D eigenvalue weighted by molar-refractivity contribution is 7.13. The number of halogens is 2. The predicted octanol–water partition coefficient (Wildman–Crippen LogP) is 1.21. The maximum atomic E-state index is 10.2. The van der Waals surface area contributed by atoms with Crippen molar-refractivity contribution in [1.29, 1.82) is 0 Å². The van der Waals surface area contributed by atoms with Gasteiger partial charge in [-0.05, 0) is 38.8 Å². The van der Waals surface area contributed by atoms with Crippen LogP contribution in [0.5, 0.6) is 0 Å². The van der Waals surface area contributed by atoms with E-state index in [1.165, 1.54) is 11.3 Å². The zero-order chi connectivity index (χ0) is 12.8. The van der Waals surface area contributed by atoms with Gasteiger partial charge in [0.1, 0.15) is 0 Å². The van der Waals surface area contributed by atoms with Crippen LogP contribution < -0.4 is 16.4 Å². The number of rotatable bonds is 6. The number of nitrogens with zero attached hydrogens (tertiary/aromatic N) is 1. The molecule has 8 heteroatoms. The molecule has 0 bridgehead atoms. The fourth-order valence-electron chi connectivity index (χ4n) is 2.26. The molecule has 1 saturated heterocycles. The number of β-amino-alcohol motifs (C(OH)–C–C–N with tert-alkyl or cyclic N) is 1. The second kappa shape index (κ2) is 9.76. The predicted molar refractivity (Wildman–Crippen MR) is 89.3 cm³/mol. The van der Waals surface area contributed by atoms with Gasteiger partial charge in [-0.25, -0.2) is 4.98 Å². The molecule has 0 spiro atoms. The van der Waals surface area contributed by atoms with Gasteiger partial charge in [0.2, 0.25) is 0 Å². The summed E-state index contributed by atoms with van der Waals surface area (Å²) in [6.45, 7) is 3.29. The summed E-state index contributed by atoms with van der Waals surface area (Å²) in [5, 5.41) is 19.4. The number of piperidine rings is 1. The number of nitrogen functional groups attached to an aromatic ring is 1. The maximum Gasteiger partial charge on any atom is 0.180 e. The number of aromatic nitrogens is 1. The number of hydrogen-bond donors (Lipinski definition) is 4. The Bertz CT molecular complexity index is 372. The molecule has 5 nitrogen and oxygen atoms in total. The Morgan fingerprint density at radius 2 is 2.30 bits per heavy atom. The lowest BCUT2D eigenvalue weighted by molar-refractivity contribution is 0.0173. The molecule has 0 saturated carbocycles. The van der Waals surface area contributed by atoms with E-state index >= 15 is 0 Å². The van der Waals surface area contributed by atoms with Crippen LogP contribution in [0.15, 0.2) is 5.38 Å². The molecule has 2 heterocycles. The van der Waals surface area contributed by atoms with Crippen LogP contribution in [0.3, 0.4) is 0 Å².